The lowest BCUT2D eigenvalue weighted by molar-refractivity contribution is -0.132. The molecule has 0 aromatic heterocycles. The van der Waals surface area contributed by atoms with Crippen LogP contribution in [0, 0.1) is 0 Å². The summed E-state index contributed by atoms with van der Waals surface area (Å²) >= 11 is 0.897. The molecule has 1 fully saturated rings. The zero-order chi connectivity index (χ0) is 19.4. The lowest BCUT2D eigenvalue weighted by atomic mass is 10.1. The number of ether oxygens (including phenoxy) is 2. The quantitative estimate of drug-likeness (QED) is 0.444. The Bertz CT molecular complexity index is 923. The number of carbonyl (C=O) groups excluding carboxylic acids is 3. The van der Waals surface area contributed by atoms with Crippen LogP contribution in [0.1, 0.15) is 18.1 Å². The molecule has 2 amide bonds. The highest BCUT2D eigenvalue weighted by Crippen LogP contribution is 2.35. The standard InChI is InChI=1S/C20H17NO5S/c1-13(22)26-16-9-8-15(10-17(16)25-2)11-18-19(23)21(20(24)27-18)12-14-6-4-3-5-7-14/h3-11H,12H2,1-2H3/b18-11-. The molecule has 1 aliphatic heterocycles. The molecule has 0 N–H and O–H groups in total. The molecule has 27 heavy (non-hydrogen) atoms. The van der Waals surface area contributed by atoms with Crippen molar-refractivity contribution in [3.8, 4) is 11.5 Å². The van der Waals surface area contributed by atoms with Crippen molar-refractivity contribution in [2.75, 3.05) is 7.11 Å². The molecule has 1 heterocycles. The smallest absolute Gasteiger partial charge is 0.308 e. The van der Waals surface area contributed by atoms with E-state index in [1.165, 1.54) is 18.9 Å². The second-order valence-corrected chi connectivity index (χ2v) is 6.75. The molecule has 0 bridgehead atoms. The zero-order valence-electron chi connectivity index (χ0n) is 14.8. The van der Waals surface area contributed by atoms with E-state index >= 15 is 0 Å². The topological polar surface area (TPSA) is 72.9 Å². The molecule has 2 aromatic carbocycles. The molecule has 2 aromatic rings. The highest BCUT2D eigenvalue weighted by Gasteiger charge is 2.34. The van der Waals surface area contributed by atoms with Crippen LogP contribution in [0.5, 0.6) is 11.5 Å². The largest absolute Gasteiger partial charge is 0.493 e. The monoisotopic (exact) mass is 383 g/mol. The van der Waals surface area contributed by atoms with Crippen molar-refractivity contribution in [1.29, 1.82) is 0 Å². The maximum atomic E-state index is 12.6. The minimum Gasteiger partial charge on any atom is -0.493 e. The number of hydrogen-bond acceptors (Lipinski definition) is 6. The van der Waals surface area contributed by atoms with Gasteiger partial charge in [-0.3, -0.25) is 19.3 Å². The summed E-state index contributed by atoms with van der Waals surface area (Å²) in [6.45, 7) is 1.54. The van der Waals surface area contributed by atoms with Crippen molar-refractivity contribution in [1.82, 2.24) is 4.90 Å². The minimum atomic E-state index is -0.455. The fourth-order valence-electron chi connectivity index (χ4n) is 2.57. The second-order valence-electron chi connectivity index (χ2n) is 5.76. The van der Waals surface area contributed by atoms with Gasteiger partial charge in [-0.1, -0.05) is 36.4 Å². The number of hydrogen-bond donors (Lipinski definition) is 0. The van der Waals surface area contributed by atoms with Crippen LogP contribution in [0.15, 0.2) is 53.4 Å². The minimum absolute atomic E-state index is 0.234. The van der Waals surface area contributed by atoms with E-state index < -0.39 is 5.97 Å². The third-order valence-electron chi connectivity index (χ3n) is 3.80. The summed E-state index contributed by atoms with van der Waals surface area (Å²) in [5.74, 6) is -0.137. The molecule has 0 unspecified atom stereocenters. The number of imide groups is 1. The lowest BCUT2D eigenvalue weighted by Gasteiger charge is -2.12. The summed E-state index contributed by atoms with van der Waals surface area (Å²) in [5.41, 5.74) is 1.54. The number of carbonyl (C=O) groups is 3. The third kappa shape index (κ3) is 4.38. The van der Waals surface area contributed by atoms with Crippen LogP contribution in [0.4, 0.5) is 4.79 Å². The van der Waals surface area contributed by atoms with Gasteiger partial charge in [0.15, 0.2) is 11.5 Å². The van der Waals surface area contributed by atoms with Gasteiger partial charge in [0.05, 0.1) is 18.6 Å². The molecule has 6 nitrogen and oxygen atoms in total. The Labute approximate surface area is 160 Å². The molecule has 1 saturated heterocycles. The Hall–Kier alpha value is -3.06. The summed E-state index contributed by atoms with van der Waals surface area (Å²) < 4.78 is 10.3. The first-order valence-electron chi connectivity index (χ1n) is 8.13. The second kappa shape index (κ2) is 8.09. The summed E-state index contributed by atoms with van der Waals surface area (Å²) in [6, 6.07) is 14.2. The zero-order valence-corrected chi connectivity index (χ0v) is 15.6. The number of benzene rings is 2. The van der Waals surface area contributed by atoms with Crippen LogP contribution in [-0.2, 0) is 16.1 Å². The Morgan fingerprint density at radius 1 is 1.11 bits per heavy atom. The van der Waals surface area contributed by atoms with Crippen LogP contribution >= 0.6 is 11.8 Å². The molecular weight excluding hydrogens is 366 g/mol. The van der Waals surface area contributed by atoms with Crippen molar-refractivity contribution < 1.29 is 23.9 Å². The van der Waals surface area contributed by atoms with Crippen LogP contribution in [0.2, 0.25) is 0 Å². The van der Waals surface area contributed by atoms with Gasteiger partial charge in [-0.05, 0) is 41.1 Å². The first-order valence-corrected chi connectivity index (χ1v) is 8.95. The Morgan fingerprint density at radius 3 is 2.52 bits per heavy atom. The van der Waals surface area contributed by atoms with Crippen LogP contribution in [0.25, 0.3) is 6.08 Å². The van der Waals surface area contributed by atoms with Gasteiger partial charge >= 0.3 is 5.97 Å². The van der Waals surface area contributed by atoms with Crippen molar-refractivity contribution in [3.63, 3.8) is 0 Å². The fourth-order valence-corrected chi connectivity index (χ4v) is 3.41. The van der Waals surface area contributed by atoms with Gasteiger partial charge in [0.1, 0.15) is 0 Å². The van der Waals surface area contributed by atoms with Gasteiger partial charge in [-0.25, -0.2) is 0 Å². The first kappa shape index (κ1) is 18.7. The van der Waals surface area contributed by atoms with E-state index in [0.717, 1.165) is 17.3 Å². The summed E-state index contributed by atoms with van der Waals surface area (Å²) in [6.07, 6.45) is 1.62. The first-order chi connectivity index (χ1) is 13.0. The number of esters is 1. The molecule has 0 aliphatic carbocycles. The van der Waals surface area contributed by atoms with Crippen molar-refractivity contribution >= 4 is 35.0 Å². The Morgan fingerprint density at radius 2 is 1.85 bits per heavy atom. The van der Waals surface area contributed by atoms with Crippen molar-refractivity contribution in [3.05, 3.63) is 64.6 Å². The van der Waals surface area contributed by atoms with Gasteiger partial charge in [0.25, 0.3) is 11.1 Å². The Balaban J connectivity index is 1.82. The van der Waals surface area contributed by atoms with Crippen LogP contribution in [-0.4, -0.2) is 29.1 Å². The highest BCUT2D eigenvalue weighted by molar-refractivity contribution is 8.18. The number of amides is 2. The molecule has 0 atom stereocenters. The van der Waals surface area contributed by atoms with Gasteiger partial charge < -0.3 is 9.47 Å². The van der Waals surface area contributed by atoms with E-state index in [1.807, 2.05) is 30.3 Å². The van der Waals surface area contributed by atoms with Gasteiger partial charge in [0.2, 0.25) is 0 Å². The number of methoxy groups -OCH3 is 1. The molecule has 0 spiro atoms. The van der Waals surface area contributed by atoms with E-state index in [4.69, 9.17) is 9.47 Å². The SMILES string of the molecule is COc1cc(/C=C2\SC(=O)N(Cc3ccccc3)C2=O)ccc1OC(C)=O. The van der Waals surface area contributed by atoms with E-state index in [-0.39, 0.29) is 17.7 Å². The third-order valence-corrected chi connectivity index (χ3v) is 4.70. The molecule has 7 heteroatoms. The molecule has 3 rings (SSSR count). The maximum absolute atomic E-state index is 12.6. The average Bonchev–Trinajstić information content (AvgIpc) is 2.91. The molecule has 138 valence electrons. The van der Waals surface area contributed by atoms with Crippen LogP contribution in [0.3, 0.4) is 0 Å². The molecule has 1 aliphatic rings. The summed E-state index contributed by atoms with van der Waals surface area (Å²) in [5, 5.41) is -0.307. The molecule has 0 saturated carbocycles. The molecule has 0 radical (unpaired) electrons. The lowest BCUT2D eigenvalue weighted by Crippen LogP contribution is -2.27. The van der Waals surface area contributed by atoms with Gasteiger partial charge in [0, 0.05) is 6.92 Å². The van der Waals surface area contributed by atoms with Crippen LogP contribution < -0.4 is 9.47 Å². The van der Waals surface area contributed by atoms with E-state index in [1.54, 1.807) is 24.3 Å². The fraction of sp³-hybridized carbons (Fsp3) is 0.150. The highest BCUT2D eigenvalue weighted by atomic mass is 32.2. The Kier molecular flexibility index (Phi) is 5.61. The van der Waals surface area contributed by atoms with E-state index in [9.17, 15) is 14.4 Å². The maximum Gasteiger partial charge on any atom is 0.308 e. The predicted octanol–water partition coefficient (Wildman–Crippen LogP) is 3.86. The van der Waals surface area contributed by atoms with Gasteiger partial charge in [-0.2, -0.15) is 0 Å². The van der Waals surface area contributed by atoms with Crippen molar-refractivity contribution in [2.45, 2.75) is 13.5 Å². The summed E-state index contributed by atoms with van der Waals surface area (Å²) in [4.78, 5) is 37.5. The normalized spacial score (nSPS) is 15.3. The van der Waals surface area contributed by atoms with E-state index in [2.05, 4.69) is 0 Å². The molecular formula is C20H17NO5S. The summed E-state index contributed by atoms with van der Waals surface area (Å²) in [7, 11) is 1.46. The number of rotatable bonds is 5. The van der Waals surface area contributed by atoms with Crippen molar-refractivity contribution in [2.24, 2.45) is 0 Å². The van der Waals surface area contributed by atoms with Gasteiger partial charge in [-0.15, -0.1) is 0 Å². The van der Waals surface area contributed by atoms with E-state index in [0.29, 0.717) is 22.0 Å². The number of nitrogens with zero attached hydrogens (tertiary/aromatic N) is 1. The predicted molar refractivity (Wildman–Crippen MR) is 102 cm³/mol. The number of thioether (sulfide) groups is 1. The average molecular weight is 383 g/mol.